The fourth-order valence-electron chi connectivity index (χ4n) is 2.83. The Bertz CT molecular complexity index is 787. The van der Waals surface area contributed by atoms with Crippen molar-refractivity contribution in [2.24, 2.45) is 5.16 Å². The number of oxime groups is 1. The number of amides is 1. The predicted molar refractivity (Wildman–Crippen MR) is 94.7 cm³/mol. The zero-order chi connectivity index (χ0) is 17.8. The Morgan fingerprint density at radius 2 is 1.96 bits per heavy atom. The third-order valence-electron chi connectivity index (χ3n) is 4.31. The van der Waals surface area contributed by atoms with Crippen LogP contribution >= 0.6 is 0 Å². The Labute approximate surface area is 146 Å². The fourth-order valence-corrected chi connectivity index (χ4v) is 2.83. The zero-order valence-electron chi connectivity index (χ0n) is 14.4. The molecule has 0 bridgehead atoms. The SMILES string of the molecule is CC(=O)N(Cc1ccccc1F)CC1CC(c2ccc(C)cc2)=NO1. The number of hydrogen-bond donors (Lipinski definition) is 0. The Morgan fingerprint density at radius 3 is 2.64 bits per heavy atom. The first-order chi connectivity index (χ1) is 12.0. The second-order valence-electron chi connectivity index (χ2n) is 6.33. The van der Waals surface area contributed by atoms with E-state index in [9.17, 15) is 9.18 Å². The molecular formula is C20H21FN2O2. The van der Waals surface area contributed by atoms with Crippen molar-refractivity contribution in [1.82, 2.24) is 4.90 Å². The lowest BCUT2D eigenvalue weighted by Crippen LogP contribution is -2.36. The number of rotatable bonds is 5. The summed E-state index contributed by atoms with van der Waals surface area (Å²) in [5, 5.41) is 4.16. The van der Waals surface area contributed by atoms with Crippen molar-refractivity contribution in [3.05, 3.63) is 71.0 Å². The molecule has 1 atom stereocenters. The van der Waals surface area contributed by atoms with Crippen LogP contribution in [0.15, 0.2) is 53.7 Å². The predicted octanol–water partition coefficient (Wildman–Crippen LogP) is 3.68. The molecule has 0 saturated heterocycles. The largest absolute Gasteiger partial charge is 0.390 e. The maximum absolute atomic E-state index is 13.9. The molecule has 0 N–H and O–H groups in total. The molecule has 2 aromatic rings. The molecule has 2 aromatic carbocycles. The summed E-state index contributed by atoms with van der Waals surface area (Å²) in [6, 6.07) is 14.6. The Morgan fingerprint density at radius 1 is 1.24 bits per heavy atom. The molecule has 0 spiro atoms. The molecule has 1 unspecified atom stereocenters. The molecule has 0 saturated carbocycles. The van der Waals surface area contributed by atoms with E-state index in [0.29, 0.717) is 18.5 Å². The van der Waals surface area contributed by atoms with Gasteiger partial charge < -0.3 is 9.74 Å². The van der Waals surface area contributed by atoms with Crippen LogP contribution in [-0.2, 0) is 16.2 Å². The third-order valence-corrected chi connectivity index (χ3v) is 4.31. The summed E-state index contributed by atoms with van der Waals surface area (Å²) in [7, 11) is 0. The van der Waals surface area contributed by atoms with Gasteiger partial charge in [0.15, 0.2) is 6.10 Å². The van der Waals surface area contributed by atoms with E-state index in [-0.39, 0.29) is 24.4 Å². The third kappa shape index (κ3) is 4.24. The summed E-state index contributed by atoms with van der Waals surface area (Å²) in [6.45, 7) is 4.12. The van der Waals surface area contributed by atoms with Gasteiger partial charge in [-0.1, -0.05) is 53.2 Å². The van der Waals surface area contributed by atoms with Crippen molar-refractivity contribution in [1.29, 1.82) is 0 Å². The monoisotopic (exact) mass is 340 g/mol. The molecule has 0 radical (unpaired) electrons. The van der Waals surface area contributed by atoms with Crippen molar-refractivity contribution in [2.75, 3.05) is 6.54 Å². The Balaban J connectivity index is 1.63. The summed E-state index contributed by atoms with van der Waals surface area (Å²) in [4.78, 5) is 19.0. The standard InChI is InChI=1S/C20H21FN2O2/c1-14-7-9-16(10-8-14)20-11-18(25-22-20)13-23(15(2)24)12-17-5-3-4-6-19(17)21/h3-10,18H,11-13H2,1-2H3. The van der Waals surface area contributed by atoms with Crippen LogP contribution in [-0.4, -0.2) is 29.2 Å². The number of halogens is 1. The molecule has 4 nitrogen and oxygen atoms in total. The van der Waals surface area contributed by atoms with Crippen molar-refractivity contribution >= 4 is 11.6 Å². The molecule has 3 rings (SSSR count). The van der Waals surface area contributed by atoms with Gasteiger partial charge in [-0.05, 0) is 18.6 Å². The number of aryl methyl sites for hydroxylation is 1. The van der Waals surface area contributed by atoms with Gasteiger partial charge in [0, 0.05) is 25.5 Å². The van der Waals surface area contributed by atoms with Crippen LogP contribution in [0.25, 0.3) is 0 Å². The van der Waals surface area contributed by atoms with Crippen molar-refractivity contribution in [3.63, 3.8) is 0 Å². The van der Waals surface area contributed by atoms with Crippen LogP contribution in [0, 0.1) is 12.7 Å². The minimum Gasteiger partial charge on any atom is -0.390 e. The highest BCUT2D eigenvalue weighted by Gasteiger charge is 2.26. The van der Waals surface area contributed by atoms with Gasteiger partial charge in [-0.3, -0.25) is 4.79 Å². The van der Waals surface area contributed by atoms with E-state index < -0.39 is 0 Å². The first-order valence-electron chi connectivity index (χ1n) is 8.31. The van der Waals surface area contributed by atoms with Gasteiger partial charge in [0.1, 0.15) is 5.82 Å². The van der Waals surface area contributed by atoms with Gasteiger partial charge >= 0.3 is 0 Å². The lowest BCUT2D eigenvalue weighted by Gasteiger charge is -2.23. The molecule has 0 fully saturated rings. The van der Waals surface area contributed by atoms with Crippen LogP contribution < -0.4 is 0 Å². The Hall–Kier alpha value is -2.69. The zero-order valence-corrected chi connectivity index (χ0v) is 14.4. The fraction of sp³-hybridized carbons (Fsp3) is 0.300. The molecule has 5 heteroatoms. The number of carbonyl (C=O) groups excluding carboxylic acids is 1. The summed E-state index contributed by atoms with van der Waals surface area (Å²) < 4.78 is 13.9. The van der Waals surface area contributed by atoms with Gasteiger partial charge in [-0.15, -0.1) is 0 Å². The average molecular weight is 340 g/mol. The van der Waals surface area contributed by atoms with E-state index in [1.54, 1.807) is 23.1 Å². The molecule has 0 aromatic heterocycles. The summed E-state index contributed by atoms with van der Waals surface area (Å²) in [6.07, 6.45) is 0.413. The molecule has 1 heterocycles. The second-order valence-corrected chi connectivity index (χ2v) is 6.33. The molecule has 1 amide bonds. The number of carbonyl (C=O) groups is 1. The molecule has 1 aliphatic rings. The molecule has 0 aliphatic carbocycles. The maximum Gasteiger partial charge on any atom is 0.219 e. The topological polar surface area (TPSA) is 41.9 Å². The summed E-state index contributed by atoms with van der Waals surface area (Å²) in [5.41, 5.74) is 3.58. The van der Waals surface area contributed by atoms with Gasteiger partial charge in [0.2, 0.25) is 5.91 Å². The minimum atomic E-state index is -0.308. The average Bonchev–Trinajstić information content (AvgIpc) is 3.05. The molecular weight excluding hydrogens is 319 g/mol. The van der Waals surface area contributed by atoms with Crippen molar-refractivity contribution < 1.29 is 14.0 Å². The number of nitrogens with zero attached hydrogens (tertiary/aromatic N) is 2. The van der Waals surface area contributed by atoms with Crippen LogP contribution in [0.2, 0.25) is 0 Å². The van der Waals surface area contributed by atoms with Gasteiger partial charge in [-0.25, -0.2) is 4.39 Å². The lowest BCUT2D eigenvalue weighted by molar-refractivity contribution is -0.131. The smallest absolute Gasteiger partial charge is 0.219 e. The normalized spacial score (nSPS) is 16.3. The number of hydrogen-bond acceptors (Lipinski definition) is 3. The molecule has 1 aliphatic heterocycles. The highest BCUT2D eigenvalue weighted by atomic mass is 19.1. The first-order valence-corrected chi connectivity index (χ1v) is 8.31. The van der Waals surface area contributed by atoms with Crippen LogP contribution in [0.5, 0.6) is 0 Å². The van der Waals surface area contributed by atoms with Crippen molar-refractivity contribution in [3.8, 4) is 0 Å². The Kier molecular flexibility index (Phi) is 5.12. The van der Waals surface area contributed by atoms with Crippen molar-refractivity contribution in [2.45, 2.75) is 32.9 Å². The van der Waals surface area contributed by atoms with Crippen LogP contribution in [0.1, 0.15) is 30.0 Å². The highest BCUT2D eigenvalue weighted by molar-refractivity contribution is 6.01. The maximum atomic E-state index is 13.9. The first kappa shape index (κ1) is 17.1. The van der Waals surface area contributed by atoms with E-state index in [2.05, 4.69) is 5.16 Å². The van der Waals surface area contributed by atoms with E-state index in [4.69, 9.17) is 4.84 Å². The highest BCUT2D eigenvalue weighted by Crippen LogP contribution is 2.19. The van der Waals surface area contributed by atoms with E-state index in [0.717, 1.165) is 11.3 Å². The van der Waals surface area contributed by atoms with E-state index >= 15 is 0 Å². The van der Waals surface area contributed by atoms with E-state index in [1.807, 2.05) is 31.2 Å². The molecule has 25 heavy (non-hydrogen) atoms. The van der Waals surface area contributed by atoms with Gasteiger partial charge in [-0.2, -0.15) is 0 Å². The quantitative estimate of drug-likeness (QED) is 0.833. The summed E-state index contributed by atoms with van der Waals surface area (Å²) >= 11 is 0. The van der Waals surface area contributed by atoms with E-state index in [1.165, 1.54) is 18.6 Å². The second kappa shape index (κ2) is 7.47. The van der Waals surface area contributed by atoms with Crippen LogP contribution in [0.4, 0.5) is 4.39 Å². The minimum absolute atomic E-state index is 0.115. The van der Waals surface area contributed by atoms with Gasteiger partial charge in [0.05, 0.1) is 12.3 Å². The number of benzene rings is 2. The summed E-state index contributed by atoms with van der Waals surface area (Å²) in [5.74, 6) is -0.423. The molecule has 130 valence electrons. The lowest BCUT2D eigenvalue weighted by atomic mass is 10.0. The van der Waals surface area contributed by atoms with Gasteiger partial charge in [0.25, 0.3) is 0 Å². The van der Waals surface area contributed by atoms with Crippen LogP contribution in [0.3, 0.4) is 0 Å².